The molecular weight excluding hydrogens is 564 g/mol. The highest BCUT2D eigenvalue weighted by molar-refractivity contribution is 5.88. The van der Waals surface area contributed by atoms with Gasteiger partial charge in [0.1, 0.15) is 11.6 Å². The van der Waals surface area contributed by atoms with Gasteiger partial charge < -0.3 is 34.6 Å². The standard InChI is InChI=1S/C23H30N4O3.C6H8O7/c1-4-15-30-20-10-7-18(8-11-20)16-23-24-21-17-19(27(28)29)9-12-22(21)26(23)14-13-25(5-2)6-3;7-3(8)1-6(13,5(11)12)2-4(9)10/h7-12,17H,4-6,13-16H2,1-3H3;13H,1-2H2,(H,7,8)(H,9,10)(H,11,12). The van der Waals surface area contributed by atoms with E-state index in [0.29, 0.717) is 18.5 Å². The van der Waals surface area contributed by atoms with Crippen molar-refractivity contribution in [2.45, 2.75) is 58.6 Å². The highest BCUT2D eigenvalue weighted by atomic mass is 16.6. The van der Waals surface area contributed by atoms with Crippen LogP contribution in [-0.2, 0) is 27.3 Å². The third kappa shape index (κ3) is 10.3. The minimum atomic E-state index is -2.74. The molecule has 3 rings (SSSR count). The number of aromatic nitrogens is 2. The number of likely N-dealkylation sites (N-methyl/N-ethyl adjacent to an activating group) is 1. The van der Waals surface area contributed by atoms with E-state index in [0.717, 1.165) is 55.3 Å². The number of non-ortho nitro benzene ring substituents is 1. The second kappa shape index (κ2) is 16.2. The first-order valence-corrected chi connectivity index (χ1v) is 13.8. The third-order valence-corrected chi connectivity index (χ3v) is 6.60. The van der Waals surface area contributed by atoms with Gasteiger partial charge in [-0.3, -0.25) is 19.7 Å². The van der Waals surface area contributed by atoms with Gasteiger partial charge in [-0.05, 0) is 43.3 Å². The monoisotopic (exact) mass is 602 g/mol. The molecule has 234 valence electrons. The molecule has 0 unspecified atom stereocenters. The molecule has 2 aromatic carbocycles. The van der Waals surface area contributed by atoms with Crippen molar-refractivity contribution in [2.75, 3.05) is 26.2 Å². The van der Waals surface area contributed by atoms with Gasteiger partial charge in [0, 0.05) is 31.6 Å². The van der Waals surface area contributed by atoms with Gasteiger partial charge in [-0.2, -0.15) is 0 Å². The Hall–Kier alpha value is -4.56. The first-order chi connectivity index (χ1) is 20.3. The number of carboxylic acids is 3. The van der Waals surface area contributed by atoms with Gasteiger partial charge >= 0.3 is 17.9 Å². The highest BCUT2D eigenvalue weighted by Gasteiger charge is 2.40. The maximum absolute atomic E-state index is 11.2. The number of benzene rings is 2. The van der Waals surface area contributed by atoms with Crippen LogP contribution in [0.2, 0.25) is 0 Å². The predicted molar refractivity (Wildman–Crippen MR) is 156 cm³/mol. The molecule has 1 heterocycles. The zero-order chi connectivity index (χ0) is 32.2. The van der Waals surface area contributed by atoms with Crippen LogP contribution < -0.4 is 4.74 Å². The molecule has 0 spiro atoms. The smallest absolute Gasteiger partial charge is 0.336 e. The van der Waals surface area contributed by atoms with E-state index >= 15 is 0 Å². The van der Waals surface area contributed by atoms with Crippen LogP contribution in [0.25, 0.3) is 11.0 Å². The first kappa shape index (κ1) is 34.6. The van der Waals surface area contributed by atoms with Gasteiger partial charge in [0.2, 0.25) is 0 Å². The van der Waals surface area contributed by atoms with Crippen molar-refractivity contribution in [3.8, 4) is 5.75 Å². The summed E-state index contributed by atoms with van der Waals surface area (Å²) >= 11 is 0. The molecule has 4 N–H and O–H groups in total. The lowest BCUT2D eigenvalue weighted by Crippen LogP contribution is -2.42. The van der Waals surface area contributed by atoms with Gasteiger partial charge in [0.05, 0.1) is 35.4 Å². The largest absolute Gasteiger partial charge is 0.494 e. The summed E-state index contributed by atoms with van der Waals surface area (Å²) in [7, 11) is 0. The van der Waals surface area contributed by atoms with Gasteiger partial charge in [0.15, 0.2) is 5.60 Å². The lowest BCUT2D eigenvalue weighted by molar-refractivity contribution is -0.384. The Kier molecular flexibility index (Phi) is 13.0. The van der Waals surface area contributed by atoms with E-state index < -0.39 is 36.4 Å². The maximum atomic E-state index is 11.2. The summed E-state index contributed by atoms with van der Waals surface area (Å²) in [5, 5.41) is 45.0. The Morgan fingerprint density at radius 2 is 1.60 bits per heavy atom. The molecule has 0 aliphatic rings. The SMILES string of the molecule is CCCOc1ccc(Cc2nc3cc([N+](=O)[O-])ccc3n2CCN(CC)CC)cc1.O=C(O)CC(O)(CC(=O)O)C(=O)O. The van der Waals surface area contributed by atoms with Gasteiger partial charge in [-0.1, -0.05) is 32.9 Å². The second-order valence-corrected chi connectivity index (χ2v) is 9.78. The first-order valence-electron chi connectivity index (χ1n) is 13.8. The lowest BCUT2D eigenvalue weighted by atomic mass is 9.96. The number of nitro groups is 1. The molecule has 0 saturated heterocycles. The van der Waals surface area contributed by atoms with Crippen molar-refractivity contribution in [3.63, 3.8) is 0 Å². The van der Waals surface area contributed by atoms with E-state index in [1.807, 2.05) is 18.2 Å². The zero-order valence-corrected chi connectivity index (χ0v) is 24.4. The summed E-state index contributed by atoms with van der Waals surface area (Å²) in [6.07, 6.45) is -0.650. The Bertz CT molecular complexity index is 1380. The molecule has 3 aromatic rings. The minimum Gasteiger partial charge on any atom is -0.494 e. The van der Waals surface area contributed by atoms with Crippen molar-refractivity contribution in [2.24, 2.45) is 0 Å². The zero-order valence-electron chi connectivity index (χ0n) is 24.4. The maximum Gasteiger partial charge on any atom is 0.336 e. The van der Waals surface area contributed by atoms with Crippen molar-refractivity contribution in [1.82, 2.24) is 14.5 Å². The van der Waals surface area contributed by atoms with Crippen LogP contribution in [0.15, 0.2) is 42.5 Å². The minimum absolute atomic E-state index is 0.0693. The van der Waals surface area contributed by atoms with Gasteiger partial charge in [-0.25, -0.2) is 9.78 Å². The molecular formula is C29H38N4O10. The number of rotatable bonds is 16. The molecule has 14 nitrogen and oxygen atoms in total. The fourth-order valence-electron chi connectivity index (χ4n) is 4.27. The van der Waals surface area contributed by atoms with Crippen LogP contribution in [0, 0.1) is 10.1 Å². The van der Waals surface area contributed by atoms with E-state index in [1.54, 1.807) is 12.1 Å². The number of ether oxygens (including phenoxy) is 1. The van der Waals surface area contributed by atoms with Crippen molar-refractivity contribution in [1.29, 1.82) is 0 Å². The van der Waals surface area contributed by atoms with E-state index in [2.05, 4.69) is 42.4 Å². The Balaban J connectivity index is 0.000000420. The number of carboxylic acid groups (broad SMARTS) is 3. The van der Waals surface area contributed by atoms with Crippen LogP contribution in [0.4, 0.5) is 5.69 Å². The number of aliphatic carboxylic acids is 3. The Labute approximate surface area is 248 Å². The molecule has 14 heteroatoms. The van der Waals surface area contributed by atoms with Crippen molar-refractivity contribution < 1.29 is 44.5 Å². The molecule has 0 radical (unpaired) electrons. The van der Waals surface area contributed by atoms with Crippen LogP contribution in [0.3, 0.4) is 0 Å². The molecule has 0 saturated carbocycles. The van der Waals surface area contributed by atoms with Crippen molar-refractivity contribution >= 4 is 34.6 Å². The summed E-state index contributed by atoms with van der Waals surface area (Å²) in [4.78, 5) is 48.4. The number of aliphatic hydroxyl groups is 1. The van der Waals surface area contributed by atoms with E-state index in [4.69, 9.17) is 30.1 Å². The number of hydrogen-bond acceptors (Lipinski definition) is 9. The number of nitro benzene ring substituents is 1. The number of carbonyl (C=O) groups is 3. The predicted octanol–water partition coefficient (Wildman–Crippen LogP) is 3.42. The molecule has 0 atom stereocenters. The highest BCUT2D eigenvalue weighted by Crippen LogP contribution is 2.24. The summed E-state index contributed by atoms with van der Waals surface area (Å²) in [5.74, 6) is -3.24. The van der Waals surface area contributed by atoms with Crippen molar-refractivity contribution in [3.05, 3.63) is 64.0 Å². The van der Waals surface area contributed by atoms with E-state index in [-0.39, 0.29) is 10.6 Å². The quantitative estimate of drug-likeness (QED) is 0.137. The summed E-state index contributed by atoms with van der Waals surface area (Å²) in [5.41, 5.74) is 0.0670. The molecule has 0 aliphatic heterocycles. The lowest BCUT2D eigenvalue weighted by Gasteiger charge is -2.19. The van der Waals surface area contributed by atoms with E-state index in [1.165, 1.54) is 0 Å². The fourth-order valence-corrected chi connectivity index (χ4v) is 4.27. The summed E-state index contributed by atoms with van der Waals surface area (Å²) in [6, 6.07) is 13.0. The molecule has 1 aromatic heterocycles. The Morgan fingerprint density at radius 1 is 1.00 bits per heavy atom. The molecule has 0 aliphatic carbocycles. The second-order valence-electron chi connectivity index (χ2n) is 9.78. The number of nitrogens with zero attached hydrogens (tertiary/aromatic N) is 4. The van der Waals surface area contributed by atoms with Crippen LogP contribution >= 0.6 is 0 Å². The molecule has 0 fully saturated rings. The molecule has 0 bridgehead atoms. The number of fused-ring (bicyclic) bond motifs is 1. The normalized spacial score (nSPS) is 11.2. The number of hydrogen-bond donors (Lipinski definition) is 4. The van der Waals surface area contributed by atoms with Gasteiger partial charge in [-0.15, -0.1) is 0 Å². The van der Waals surface area contributed by atoms with Crippen LogP contribution in [0.5, 0.6) is 5.75 Å². The Morgan fingerprint density at radius 3 is 2.09 bits per heavy atom. The average Bonchev–Trinajstić information content (AvgIpc) is 3.28. The fraction of sp³-hybridized carbons (Fsp3) is 0.448. The topological polar surface area (TPSA) is 206 Å². The van der Waals surface area contributed by atoms with E-state index in [9.17, 15) is 24.5 Å². The van der Waals surface area contributed by atoms with Crippen LogP contribution in [-0.4, -0.2) is 89.6 Å². The average molecular weight is 603 g/mol. The summed E-state index contributed by atoms with van der Waals surface area (Å²) < 4.78 is 7.86. The van der Waals surface area contributed by atoms with Gasteiger partial charge in [0.25, 0.3) is 5.69 Å². The third-order valence-electron chi connectivity index (χ3n) is 6.60. The number of imidazole rings is 1. The molecule has 43 heavy (non-hydrogen) atoms. The molecule has 0 amide bonds. The summed E-state index contributed by atoms with van der Waals surface area (Å²) in [6.45, 7) is 10.8. The van der Waals surface area contributed by atoms with Crippen LogP contribution in [0.1, 0.15) is 51.4 Å².